The molecule has 1 atom stereocenters. The van der Waals surface area contributed by atoms with Crippen LogP contribution in [0.2, 0.25) is 4.47 Å². The molecule has 1 heterocycles. The van der Waals surface area contributed by atoms with Crippen LogP contribution < -0.4 is 0 Å². The Labute approximate surface area is 106 Å². The van der Waals surface area contributed by atoms with Gasteiger partial charge in [0.2, 0.25) is 0 Å². The Bertz CT molecular complexity index is 539. The van der Waals surface area contributed by atoms with Crippen molar-refractivity contribution in [2.75, 3.05) is 20.0 Å². The van der Waals surface area contributed by atoms with Crippen LogP contribution in [0.25, 0.3) is 10.2 Å². The van der Waals surface area contributed by atoms with E-state index in [2.05, 4.69) is 4.98 Å². The number of fused-ring (bicyclic) bond motifs is 1. The van der Waals surface area contributed by atoms with E-state index < -0.39 is 10.8 Å². The predicted octanol–water partition coefficient (Wildman–Crippen LogP) is 2.58. The molecule has 0 N–H and O–H groups in total. The summed E-state index contributed by atoms with van der Waals surface area (Å²) in [5.74, 6) is 0.526. The molecule has 86 valence electrons. The number of hydrogen-bond donors (Lipinski definition) is 0. The van der Waals surface area contributed by atoms with E-state index in [0.717, 1.165) is 15.1 Å². The van der Waals surface area contributed by atoms with E-state index in [9.17, 15) is 4.21 Å². The lowest BCUT2D eigenvalue weighted by Crippen LogP contribution is -2.17. The van der Waals surface area contributed by atoms with Crippen LogP contribution in [0.3, 0.4) is 0 Å². The van der Waals surface area contributed by atoms with Crippen molar-refractivity contribution in [1.82, 2.24) is 9.88 Å². The summed E-state index contributed by atoms with van der Waals surface area (Å²) in [6, 6.07) is 5.61. The lowest BCUT2D eigenvalue weighted by molar-refractivity contribution is 0.477. The highest BCUT2D eigenvalue weighted by atomic mass is 35.5. The maximum absolute atomic E-state index is 11.9. The zero-order chi connectivity index (χ0) is 11.7. The van der Waals surface area contributed by atoms with Crippen molar-refractivity contribution in [2.24, 2.45) is 0 Å². The molecule has 3 nitrogen and oxygen atoms in total. The second kappa shape index (κ2) is 4.79. The van der Waals surface area contributed by atoms with E-state index in [1.165, 1.54) is 11.3 Å². The molecular formula is C10H11ClN2OS2. The molecule has 0 aliphatic carbocycles. The Hall–Kier alpha value is -0.490. The molecule has 0 spiro atoms. The Morgan fingerprint density at radius 3 is 2.94 bits per heavy atom. The summed E-state index contributed by atoms with van der Waals surface area (Å²) in [6.07, 6.45) is 0. The predicted molar refractivity (Wildman–Crippen MR) is 69.6 cm³/mol. The minimum atomic E-state index is -0.999. The zero-order valence-electron chi connectivity index (χ0n) is 8.94. The van der Waals surface area contributed by atoms with E-state index in [4.69, 9.17) is 11.6 Å². The molecule has 0 saturated heterocycles. The van der Waals surface area contributed by atoms with Crippen molar-refractivity contribution in [2.45, 2.75) is 4.90 Å². The van der Waals surface area contributed by atoms with Crippen LogP contribution >= 0.6 is 22.9 Å². The normalized spacial score (nSPS) is 13.5. The SMILES string of the molecule is CN(C)CS(=O)c1ccc2nc(Cl)sc2c1. The lowest BCUT2D eigenvalue weighted by atomic mass is 10.3. The Kier molecular flexibility index (Phi) is 3.59. The molecule has 0 aliphatic heterocycles. The number of hydrogen-bond acceptors (Lipinski definition) is 4. The van der Waals surface area contributed by atoms with Crippen LogP contribution in [0.1, 0.15) is 0 Å². The molecule has 0 aliphatic rings. The fraction of sp³-hybridized carbons (Fsp3) is 0.300. The van der Waals surface area contributed by atoms with Crippen LogP contribution in [0.4, 0.5) is 0 Å². The first-order chi connectivity index (χ1) is 7.56. The van der Waals surface area contributed by atoms with Gasteiger partial charge in [-0.2, -0.15) is 0 Å². The summed E-state index contributed by atoms with van der Waals surface area (Å²) in [4.78, 5) is 6.87. The molecule has 1 aromatic carbocycles. The highest BCUT2D eigenvalue weighted by Gasteiger charge is 2.08. The van der Waals surface area contributed by atoms with Crippen molar-refractivity contribution in [3.63, 3.8) is 0 Å². The second-order valence-corrected chi connectivity index (χ2v) is 6.68. The Morgan fingerprint density at radius 2 is 2.25 bits per heavy atom. The first-order valence-electron chi connectivity index (χ1n) is 4.65. The molecule has 0 bridgehead atoms. The van der Waals surface area contributed by atoms with Gasteiger partial charge in [-0.25, -0.2) is 4.98 Å². The van der Waals surface area contributed by atoms with Gasteiger partial charge in [0.05, 0.1) is 26.9 Å². The molecule has 2 rings (SSSR count). The molecule has 1 aromatic heterocycles. The van der Waals surface area contributed by atoms with E-state index in [1.54, 1.807) is 0 Å². The van der Waals surface area contributed by atoms with E-state index >= 15 is 0 Å². The second-order valence-electron chi connectivity index (χ2n) is 3.65. The highest BCUT2D eigenvalue weighted by molar-refractivity contribution is 7.85. The third-order valence-electron chi connectivity index (χ3n) is 1.97. The molecule has 16 heavy (non-hydrogen) atoms. The van der Waals surface area contributed by atoms with Gasteiger partial charge in [0, 0.05) is 4.90 Å². The molecule has 2 aromatic rings. The topological polar surface area (TPSA) is 33.2 Å². The summed E-state index contributed by atoms with van der Waals surface area (Å²) in [5, 5.41) is 0. The van der Waals surface area contributed by atoms with Crippen molar-refractivity contribution in [3.05, 3.63) is 22.7 Å². The summed E-state index contributed by atoms with van der Waals surface area (Å²) in [5.41, 5.74) is 0.862. The Balaban J connectivity index is 2.35. The first-order valence-corrected chi connectivity index (χ1v) is 7.17. The Morgan fingerprint density at radius 1 is 1.50 bits per heavy atom. The van der Waals surface area contributed by atoms with Gasteiger partial charge in [-0.1, -0.05) is 11.6 Å². The first kappa shape index (κ1) is 12.0. The van der Waals surface area contributed by atoms with Crippen molar-refractivity contribution in [1.29, 1.82) is 0 Å². The monoisotopic (exact) mass is 274 g/mol. The smallest absolute Gasteiger partial charge is 0.184 e. The van der Waals surface area contributed by atoms with Gasteiger partial charge < -0.3 is 0 Å². The quantitative estimate of drug-likeness (QED) is 0.863. The van der Waals surface area contributed by atoms with Crippen molar-refractivity contribution >= 4 is 44.0 Å². The molecule has 0 amide bonds. The number of aromatic nitrogens is 1. The van der Waals surface area contributed by atoms with Crippen LogP contribution in [-0.4, -0.2) is 34.1 Å². The average Bonchev–Trinajstić information content (AvgIpc) is 2.55. The number of rotatable bonds is 3. The molecule has 1 unspecified atom stereocenters. The van der Waals surface area contributed by atoms with Gasteiger partial charge in [0.1, 0.15) is 0 Å². The summed E-state index contributed by atoms with van der Waals surface area (Å²) in [7, 11) is 2.81. The van der Waals surface area contributed by atoms with Gasteiger partial charge in [-0.05, 0) is 32.3 Å². The third-order valence-corrected chi connectivity index (χ3v) is 4.63. The van der Waals surface area contributed by atoms with Crippen LogP contribution in [0, 0.1) is 0 Å². The van der Waals surface area contributed by atoms with Crippen LogP contribution in [-0.2, 0) is 10.8 Å². The van der Waals surface area contributed by atoms with Gasteiger partial charge in [-0.3, -0.25) is 9.11 Å². The number of benzene rings is 1. The number of nitrogens with zero attached hydrogens (tertiary/aromatic N) is 2. The minimum absolute atomic E-state index is 0.519. The highest BCUT2D eigenvalue weighted by Crippen LogP contribution is 2.27. The van der Waals surface area contributed by atoms with Crippen LogP contribution in [0.15, 0.2) is 23.1 Å². The largest absolute Gasteiger partial charge is 0.298 e. The van der Waals surface area contributed by atoms with Gasteiger partial charge in [-0.15, -0.1) is 11.3 Å². The molecular weight excluding hydrogens is 264 g/mol. The van der Waals surface area contributed by atoms with Gasteiger partial charge in [0.15, 0.2) is 4.47 Å². The maximum atomic E-state index is 11.9. The van der Waals surface area contributed by atoms with Gasteiger partial charge >= 0.3 is 0 Å². The van der Waals surface area contributed by atoms with E-state index in [0.29, 0.717) is 10.3 Å². The van der Waals surface area contributed by atoms with E-state index in [-0.39, 0.29) is 0 Å². The van der Waals surface area contributed by atoms with E-state index in [1.807, 2.05) is 37.2 Å². The number of thiazole rings is 1. The number of halogens is 1. The van der Waals surface area contributed by atoms with Crippen LogP contribution in [0.5, 0.6) is 0 Å². The molecule has 0 fully saturated rings. The zero-order valence-corrected chi connectivity index (χ0v) is 11.3. The summed E-state index contributed by atoms with van der Waals surface area (Å²) >= 11 is 7.23. The standard InChI is InChI=1S/C10H11ClN2OS2/c1-13(2)6-16(14)7-3-4-8-9(5-7)15-10(11)12-8/h3-5H,6H2,1-2H3. The molecule has 0 radical (unpaired) electrons. The minimum Gasteiger partial charge on any atom is -0.298 e. The lowest BCUT2D eigenvalue weighted by Gasteiger charge is -2.08. The third kappa shape index (κ3) is 2.60. The summed E-state index contributed by atoms with van der Waals surface area (Å²) < 4.78 is 13.4. The summed E-state index contributed by atoms with van der Waals surface area (Å²) in [6.45, 7) is 0. The van der Waals surface area contributed by atoms with Crippen molar-refractivity contribution in [3.8, 4) is 0 Å². The average molecular weight is 275 g/mol. The molecule has 0 saturated carbocycles. The fourth-order valence-corrected chi connectivity index (χ4v) is 3.56. The molecule has 6 heteroatoms. The van der Waals surface area contributed by atoms with Crippen molar-refractivity contribution < 1.29 is 4.21 Å². The maximum Gasteiger partial charge on any atom is 0.184 e. The van der Waals surface area contributed by atoms with Gasteiger partial charge in [0.25, 0.3) is 0 Å². The fourth-order valence-electron chi connectivity index (χ4n) is 1.33.